The number of anilines is 1. The summed E-state index contributed by atoms with van der Waals surface area (Å²) in [7, 11) is -3.46. The van der Waals surface area contributed by atoms with Crippen LogP contribution in [-0.2, 0) is 16.4 Å². The van der Waals surface area contributed by atoms with E-state index in [1.165, 1.54) is 10.5 Å². The maximum absolute atomic E-state index is 12.6. The number of hydrogen-bond acceptors (Lipinski definition) is 5. The summed E-state index contributed by atoms with van der Waals surface area (Å²) < 4.78 is 26.7. The number of aromatic nitrogens is 1. The highest BCUT2D eigenvalue weighted by atomic mass is 32.2. The fourth-order valence-corrected chi connectivity index (χ4v) is 4.54. The predicted octanol–water partition coefficient (Wildman–Crippen LogP) is 2.27. The average Bonchev–Trinajstić information content (AvgIpc) is 2.68. The van der Waals surface area contributed by atoms with Crippen molar-refractivity contribution in [2.24, 2.45) is 0 Å². The molecule has 1 fully saturated rings. The maximum atomic E-state index is 12.6. The number of hydrogen-bond donors (Lipinski definition) is 2. The quantitative estimate of drug-likeness (QED) is 0.776. The zero-order valence-electron chi connectivity index (χ0n) is 14.7. The van der Waals surface area contributed by atoms with E-state index >= 15 is 0 Å². The normalized spacial score (nSPS) is 17.0. The van der Waals surface area contributed by atoms with E-state index in [1.54, 1.807) is 12.1 Å². The van der Waals surface area contributed by atoms with Crippen molar-refractivity contribution in [3.63, 3.8) is 0 Å². The second-order valence-corrected chi connectivity index (χ2v) is 8.51. The van der Waals surface area contributed by atoms with E-state index in [4.69, 9.17) is 0 Å². The Morgan fingerprint density at radius 2 is 1.81 bits per heavy atom. The first kappa shape index (κ1) is 18.8. The lowest BCUT2D eigenvalue weighted by Crippen LogP contribution is -2.35. The van der Waals surface area contributed by atoms with Gasteiger partial charge in [-0.25, -0.2) is 13.4 Å². The SMILES string of the molecule is O=S(=O)(c1ccc(NCC(O)Cc2ccccc2)nc1)N1CCCCC1. The van der Waals surface area contributed by atoms with Gasteiger partial charge in [0.1, 0.15) is 10.7 Å². The predicted molar refractivity (Wildman–Crippen MR) is 101 cm³/mol. The third kappa shape index (κ3) is 4.81. The maximum Gasteiger partial charge on any atom is 0.244 e. The molecule has 0 bridgehead atoms. The first-order valence-electron chi connectivity index (χ1n) is 8.98. The van der Waals surface area contributed by atoms with E-state index in [0.29, 0.717) is 31.9 Å². The Balaban J connectivity index is 1.55. The van der Waals surface area contributed by atoms with Gasteiger partial charge in [-0.1, -0.05) is 36.8 Å². The van der Waals surface area contributed by atoms with Gasteiger partial charge < -0.3 is 10.4 Å². The highest BCUT2D eigenvalue weighted by Gasteiger charge is 2.26. The summed E-state index contributed by atoms with van der Waals surface area (Å²) in [5, 5.41) is 13.2. The number of rotatable bonds is 7. The molecule has 1 aromatic carbocycles. The molecule has 6 nitrogen and oxygen atoms in total. The van der Waals surface area contributed by atoms with E-state index in [-0.39, 0.29) is 4.90 Å². The van der Waals surface area contributed by atoms with E-state index in [0.717, 1.165) is 24.8 Å². The number of nitrogens with zero attached hydrogens (tertiary/aromatic N) is 2. The molecule has 1 aromatic heterocycles. The van der Waals surface area contributed by atoms with Gasteiger partial charge in [0.05, 0.1) is 6.10 Å². The molecule has 1 aliphatic heterocycles. The van der Waals surface area contributed by atoms with E-state index in [1.807, 2.05) is 30.3 Å². The van der Waals surface area contributed by atoms with Crippen LogP contribution in [0.25, 0.3) is 0 Å². The van der Waals surface area contributed by atoms with Gasteiger partial charge in [0, 0.05) is 32.3 Å². The monoisotopic (exact) mass is 375 g/mol. The molecular weight excluding hydrogens is 350 g/mol. The van der Waals surface area contributed by atoms with Crippen LogP contribution in [0.3, 0.4) is 0 Å². The molecule has 1 atom stereocenters. The van der Waals surface area contributed by atoms with Crippen molar-refractivity contribution < 1.29 is 13.5 Å². The van der Waals surface area contributed by atoms with Crippen LogP contribution < -0.4 is 5.32 Å². The second kappa shape index (κ2) is 8.62. The number of aliphatic hydroxyl groups excluding tert-OH is 1. The molecule has 7 heteroatoms. The molecular formula is C19H25N3O3S. The highest BCUT2D eigenvalue weighted by molar-refractivity contribution is 7.89. The Hall–Kier alpha value is -1.96. The van der Waals surface area contributed by atoms with Crippen LogP contribution in [0.4, 0.5) is 5.82 Å². The van der Waals surface area contributed by atoms with Crippen molar-refractivity contribution in [1.29, 1.82) is 0 Å². The summed E-state index contributed by atoms with van der Waals surface area (Å²) in [6.07, 6.45) is 4.29. The lowest BCUT2D eigenvalue weighted by Gasteiger charge is -2.25. The third-order valence-corrected chi connectivity index (χ3v) is 6.40. The van der Waals surface area contributed by atoms with Crippen LogP contribution in [-0.4, -0.2) is 48.6 Å². The molecule has 0 saturated carbocycles. The summed E-state index contributed by atoms with van der Waals surface area (Å²) in [5.41, 5.74) is 1.07. The van der Waals surface area contributed by atoms with Crippen LogP contribution in [0, 0.1) is 0 Å². The third-order valence-electron chi connectivity index (χ3n) is 4.52. The number of pyridine rings is 1. The molecule has 1 saturated heterocycles. The molecule has 0 aliphatic carbocycles. The lowest BCUT2D eigenvalue weighted by atomic mass is 10.1. The summed E-state index contributed by atoms with van der Waals surface area (Å²) in [5.74, 6) is 0.551. The molecule has 1 aliphatic rings. The smallest absolute Gasteiger partial charge is 0.244 e. The minimum Gasteiger partial charge on any atom is -0.391 e. The summed E-state index contributed by atoms with van der Waals surface area (Å²) in [6.45, 7) is 1.50. The largest absolute Gasteiger partial charge is 0.391 e. The average molecular weight is 375 g/mol. The van der Waals surface area contributed by atoms with E-state index < -0.39 is 16.1 Å². The zero-order chi connectivity index (χ0) is 18.4. The van der Waals surface area contributed by atoms with Crippen LogP contribution in [0.1, 0.15) is 24.8 Å². The first-order valence-corrected chi connectivity index (χ1v) is 10.4. The molecule has 2 heterocycles. The van der Waals surface area contributed by atoms with Gasteiger partial charge in [0.25, 0.3) is 0 Å². The molecule has 0 amide bonds. The van der Waals surface area contributed by atoms with Crippen molar-refractivity contribution in [1.82, 2.24) is 9.29 Å². The molecule has 2 N–H and O–H groups in total. The molecule has 3 rings (SSSR count). The standard InChI is InChI=1S/C19H25N3O3S/c23-17(13-16-7-3-1-4-8-16)14-20-19-10-9-18(15-21-19)26(24,25)22-11-5-2-6-12-22/h1,3-4,7-10,15,17,23H,2,5-6,11-14H2,(H,20,21). The number of aliphatic hydroxyl groups is 1. The van der Waals surface area contributed by atoms with Gasteiger partial charge in [-0.3, -0.25) is 0 Å². The van der Waals surface area contributed by atoms with Gasteiger partial charge in [-0.2, -0.15) is 4.31 Å². The van der Waals surface area contributed by atoms with Gasteiger partial charge in [-0.15, -0.1) is 0 Å². The van der Waals surface area contributed by atoms with Crippen molar-refractivity contribution in [2.45, 2.75) is 36.7 Å². The lowest BCUT2D eigenvalue weighted by molar-refractivity contribution is 0.188. The summed E-state index contributed by atoms with van der Waals surface area (Å²) in [6, 6.07) is 13.0. The molecule has 2 aromatic rings. The fraction of sp³-hybridized carbons (Fsp3) is 0.421. The van der Waals surface area contributed by atoms with E-state index in [2.05, 4.69) is 10.3 Å². The van der Waals surface area contributed by atoms with Crippen LogP contribution in [0.15, 0.2) is 53.6 Å². The highest BCUT2D eigenvalue weighted by Crippen LogP contribution is 2.20. The van der Waals surface area contributed by atoms with Crippen molar-refractivity contribution in [3.8, 4) is 0 Å². The number of benzene rings is 1. The number of piperidine rings is 1. The molecule has 140 valence electrons. The zero-order valence-corrected chi connectivity index (χ0v) is 15.5. The molecule has 0 radical (unpaired) electrons. The minimum atomic E-state index is -3.46. The van der Waals surface area contributed by atoms with Crippen LogP contribution in [0.5, 0.6) is 0 Å². The molecule has 26 heavy (non-hydrogen) atoms. The molecule has 0 spiro atoms. The van der Waals surface area contributed by atoms with Crippen molar-refractivity contribution in [2.75, 3.05) is 25.0 Å². The Bertz CT molecular complexity index is 789. The number of nitrogens with one attached hydrogen (secondary N) is 1. The minimum absolute atomic E-state index is 0.217. The van der Waals surface area contributed by atoms with Crippen molar-refractivity contribution in [3.05, 3.63) is 54.2 Å². The van der Waals surface area contributed by atoms with Gasteiger partial charge >= 0.3 is 0 Å². The van der Waals surface area contributed by atoms with Crippen LogP contribution in [0.2, 0.25) is 0 Å². The Kier molecular flexibility index (Phi) is 6.24. The Morgan fingerprint density at radius 3 is 2.46 bits per heavy atom. The fourth-order valence-electron chi connectivity index (χ4n) is 3.07. The Labute approximate surface area is 154 Å². The molecule has 1 unspecified atom stereocenters. The Morgan fingerprint density at radius 1 is 1.08 bits per heavy atom. The summed E-state index contributed by atoms with van der Waals surface area (Å²) >= 11 is 0. The topological polar surface area (TPSA) is 82.5 Å². The van der Waals surface area contributed by atoms with Crippen molar-refractivity contribution >= 4 is 15.8 Å². The van der Waals surface area contributed by atoms with Crippen LogP contribution >= 0.6 is 0 Å². The van der Waals surface area contributed by atoms with E-state index in [9.17, 15) is 13.5 Å². The summed E-state index contributed by atoms with van der Waals surface area (Å²) in [4.78, 5) is 4.41. The van der Waals surface area contributed by atoms with Gasteiger partial charge in [0.15, 0.2) is 0 Å². The number of sulfonamides is 1. The second-order valence-electron chi connectivity index (χ2n) is 6.57. The van der Waals surface area contributed by atoms with Gasteiger partial charge in [0.2, 0.25) is 10.0 Å². The first-order chi connectivity index (χ1) is 12.6. The van der Waals surface area contributed by atoms with Gasteiger partial charge in [-0.05, 0) is 30.5 Å².